The third kappa shape index (κ3) is 4.39. The summed E-state index contributed by atoms with van der Waals surface area (Å²) in [5.41, 5.74) is 0.606. The number of aromatic nitrogens is 2. The highest BCUT2D eigenvalue weighted by molar-refractivity contribution is 9.09. The van der Waals surface area contributed by atoms with E-state index in [-0.39, 0.29) is 15.8 Å². The van der Waals surface area contributed by atoms with E-state index < -0.39 is 6.36 Å². The third-order valence-electron chi connectivity index (χ3n) is 2.80. The Labute approximate surface area is 146 Å². The molecule has 1 aromatic heterocycles. The lowest BCUT2D eigenvalue weighted by Crippen LogP contribution is -2.16. The van der Waals surface area contributed by atoms with Gasteiger partial charge in [-0.05, 0) is 29.7 Å². The molecule has 0 spiro atoms. The van der Waals surface area contributed by atoms with Gasteiger partial charge < -0.3 is 10.1 Å². The van der Waals surface area contributed by atoms with E-state index >= 15 is 0 Å². The summed E-state index contributed by atoms with van der Waals surface area (Å²) in [5, 5.41) is 14.9. The first-order chi connectivity index (χ1) is 10.9. The van der Waals surface area contributed by atoms with Crippen molar-refractivity contribution in [2.75, 3.05) is 5.32 Å². The average Bonchev–Trinajstić information content (AvgIpc) is 3.08. The van der Waals surface area contributed by atoms with Crippen molar-refractivity contribution in [2.45, 2.75) is 16.4 Å². The Morgan fingerprint density at radius 3 is 2.52 bits per heavy atom. The van der Waals surface area contributed by atoms with Crippen LogP contribution in [0, 0.1) is 0 Å². The molecule has 23 heavy (non-hydrogen) atoms. The first-order valence-corrected chi connectivity index (χ1v) is 9.01. The van der Waals surface area contributed by atoms with Crippen molar-refractivity contribution in [3.8, 4) is 5.75 Å². The predicted molar refractivity (Wildman–Crippen MR) is 88.5 cm³/mol. The van der Waals surface area contributed by atoms with Crippen molar-refractivity contribution in [1.82, 2.24) is 10.2 Å². The zero-order valence-corrected chi connectivity index (χ0v) is 14.5. The topological polar surface area (TPSA) is 47.0 Å². The van der Waals surface area contributed by atoms with E-state index in [9.17, 15) is 13.2 Å². The number of hydrogen-bond acceptors (Lipinski definition) is 6. The molecule has 2 atom stereocenters. The van der Waals surface area contributed by atoms with Crippen molar-refractivity contribution in [3.05, 3.63) is 40.8 Å². The van der Waals surface area contributed by atoms with Crippen LogP contribution >= 0.6 is 39.0 Å². The maximum Gasteiger partial charge on any atom is 0.573 e. The van der Waals surface area contributed by atoms with Crippen molar-refractivity contribution >= 4 is 49.8 Å². The molecule has 0 aliphatic carbocycles. The molecule has 122 valence electrons. The van der Waals surface area contributed by atoms with Crippen molar-refractivity contribution in [3.63, 3.8) is 0 Å². The Morgan fingerprint density at radius 2 is 1.91 bits per heavy atom. The van der Waals surface area contributed by atoms with E-state index in [1.165, 1.54) is 35.6 Å². The van der Waals surface area contributed by atoms with Gasteiger partial charge in [0.2, 0.25) is 5.13 Å². The molecule has 1 N–H and O–H groups in total. The Bertz CT molecular complexity index is 705. The van der Waals surface area contributed by atoms with Gasteiger partial charge in [0.25, 0.3) is 0 Å². The second-order valence-electron chi connectivity index (χ2n) is 4.47. The third-order valence-corrected chi connectivity index (χ3v) is 6.18. The molecule has 0 saturated carbocycles. The number of anilines is 2. The number of benzene rings is 1. The Balaban J connectivity index is 1.64. The lowest BCUT2D eigenvalue weighted by Gasteiger charge is -2.09. The van der Waals surface area contributed by atoms with Crippen LogP contribution in [0.1, 0.15) is 10.3 Å². The van der Waals surface area contributed by atoms with Crippen molar-refractivity contribution in [1.29, 1.82) is 0 Å². The van der Waals surface area contributed by atoms with Crippen LogP contribution in [0.15, 0.2) is 35.7 Å². The van der Waals surface area contributed by atoms with E-state index in [0.29, 0.717) is 10.8 Å². The largest absolute Gasteiger partial charge is 0.573 e. The molecule has 2 unspecified atom stereocenters. The van der Waals surface area contributed by atoms with Gasteiger partial charge in [-0.3, -0.25) is 0 Å². The molecule has 10 heteroatoms. The first kappa shape index (κ1) is 16.6. The zero-order chi connectivity index (χ0) is 16.4. The molecule has 0 radical (unpaired) electrons. The van der Waals surface area contributed by atoms with Crippen LogP contribution in [0.2, 0.25) is 0 Å². The minimum absolute atomic E-state index is 0.186. The van der Waals surface area contributed by atoms with Gasteiger partial charge in [-0.25, -0.2) is 0 Å². The molecule has 1 aromatic carbocycles. The molecule has 2 aromatic rings. The number of rotatable bonds is 4. The van der Waals surface area contributed by atoms with Gasteiger partial charge in [0.1, 0.15) is 10.8 Å². The average molecular weight is 424 g/mol. The van der Waals surface area contributed by atoms with Crippen LogP contribution in [-0.2, 0) is 0 Å². The fourth-order valence-electron chi connectivity index (χ4n) is 1.84. The highest BCUT2D eigenvalue weighted by atomic mass is 79.9. The molecular weight excluding hydrogens is 415 g/mol. The summed E-state index contributed by atoms with van der Waals surface area (Å²) >= 11 is 6.62. The highest BCUT2D eigenvalue weighted by Crippen LogP contribution is 2.44. The molecule has 0 saturated heterocycles. The van der Waals surface area contributed by atoms with Crippen LogP contribution in [0.5, 0.6) is 5.75 Å². The second-order valence-corrected chi connectivity index (χ2v) is 7.59. The van der Waals surface area contributed by atoms with E-state index in [2.05, 4.69) is 36.2 Å². The number of nitrogens with one attached hydrogen (secondary N) is 1. The molecule has 1 aliphatic heterocycles. The van der Waals surface area contributed by atoms with E-state index in [4.69, 9.17) is 0 Å². The summed E-state index contributed by atoms with van der Waals surface area (Å²) in [6.07, 6.45) is -2.65. The smallest absolute Gasteiger partial charge is 0.406 e. The monoisotopic (exact) mass is 423 g/mol. The molecule has 0 bridgehead atoms. The lowest BCUT2D eigenvalue weighted by atomic mass is 10.3. The highest BCUT2D eigenvalue weighted by Gasteiger charge is 2.31. The van der Waals surface area contributed by atoms with Gasteiger partial charge in [-0.15, -0.1) is 35.1 Å². The molecule has 2 heterocycles. The van der Waals surface area contributed by atoms with Crippen LogP contribution in [0.4, 0.5) is 24.0 Å². The quantitative estimate of drug-likeness (QED) is 0.680. The zero-order valence-electron chi connectivity index (χ0n) is 11.2. The summed E-state index contributed by atoms with van der Waals surface area (Å²) < 4.78 is 40.1. The number of thioether (sulfide) groups is 1. The predicted octanol–water partition coefficient (Wildman–Crippen LogP) is 5.25. The van der Waals surface area contributed by atoms with Gasteiger partial charge in [0, 0.05) is 5.69 Å². The molecule has 3 rings (SSSR count). The van der Waals surface area contributed by atoms with E-state index in [0.717, 1.165) is 5.01 Å². The fraction of sp³-hybridized carbons (Fsp3) is 0.231. The van der Waals surface area contributed by atoms with E-state index in [1.807, 2.05) is 11.5 Å². The molecule has 0 amide bonds. The summed E-state index contributed by atoms with van der Waals surface area (Å²) in [7, 11) is 0. The number of allylic oxidation sites excluding steroid dienone is 1. The summed E-state index contributed by atoms with van der Waals surface area (Å²) in [5.74, 6) is -0.267. The SMILES string of the molecule is FC(F)(F)Oc1ccc(Nc2nnc(C3SC=CC3Br)s2)cc1. The Hall–Kier alpha value is -1.26. The van der Waals surface area contributed by atoms with E-state index in [1.54, 1.807) is 11.8 Å². The van der Waals surface area contributed by atoms with Gasteiger partial charge >= 0.3 is 6.36 Å². The molecular formula is C13H9BrF3N3OS2. The standard InChI is InChI=1S/C13H9BrF3N3OS2/c14-9-5-6-22-10(9)11-19-20-12(23-11)18-7-1-3-8(4-2-7)21-13(15,16)17/h1-6,9-10H,(H,18,20). The van der Waals surface area contributed by atoms with Gasteiger partial charge in [-0.2, -0.15) is 0 Å². The normalized spacial score (nSPS) is 20.7. The summed E-state index contributed by atoms with van der Waals surface area (Å²) in [4.78, 5) is 0.215. The van der Waals surface area contributed by atoms with Crippen LogP contribution < -0.4 is 10.1 Å². The first-order valence-electron chi connectivity index (χ1n) is 6.33. The Morgan fingerprint density at radius 1 is 1.17 bits per heavy atom. The van der Waals surface area contributed by atoms with Crippen molar-refractivity contribution < 1.29 is 17.9 Å². The number of hydrogen-bond donors (Lipinski definition) is 1. The van der Waals surface area contributed by atoms with Crippen LogP contribution in [-0.4, -0.2) is 21.4 Å². The van der Waals surface area contributed by atoms with Gasteiger partial charge in [0.15, 0.2) is 0 Å². The lowest BCUT2D eigenvalue weighted by molar-refractivity contribution is -0.274. The summed E-state index contributed by atoms with van der Waals surface area (Å²) in [6.45, 7) is 0. The molecule has 0 fully saturated rings. The van der Waals surface area contributed by atoms with Gasteiger partial charge in [-0.1, -0.05) is 33.3 Å². The van der Waals surface area contributed by atoms with Crippen LogP contribution in [0.3, 0.4) is 0 Å². The maximum atomic E-state index is 12.1. The second kappa shape index (κ2) is 6.70. The molecule has 1 aliphatic rings. The number of halogens is 4. The molecule has 4 nitrogen and oxygen atoms in total. The summed E-state index contributed by atoms with van der Waals surface area (Å²) in [6, 6.07) is 5.45. The van der Waals surface area contributed by atoms with Crippen LogP contribution in [0.25, 0.3) is 0 Å². The number of ether oxygens (including phenoxy) is 1. The Kier molecular flexibility index (Phi) is 4.83. The van der Waals surface area contributed by atoms with Gasteiger partial charge in [0.05, 0.1) is 10.1 Å². The number of nitrogens with zero attached hydrogens (tertiary/aromatic N) is 2. The number of alkyl halides is 4. The minimum atomic E-state index is -4.69. The van der Waals surface area contributed by atoms with Crippen molar-refractivity contribution in [2.24, 2.45) is 0 Å². The minimum Gasteiger partial charge on any atom is -0.406 e. The maximum absolute atomic E-state index is 12.1. The fourth-order valence-corrected chi connectivity index (χ4v) is 4.93.